The van der Waals surface area contributed by atoms with Crippen molar-refractivity contribution >= 4 is 26.0 Å². The Labute approximate surface area is 90.8 Å². The average Bonchev–Trinajstić information content (AvgIpc) is 2.05. The molecular formula is C7H7ClN2O4S. The first-order valence-corrected chi connectivity index (χ1v) is 6.04. The van der Waals surface area contributed by atoms with Crippen LogP contribution in [0.25, 0.3) is 0 Å². The number of halogens is 1. The molecule has 82 valence electrons. The summed E-state index contributed by atoms with van der Waals surface area (Å²) in [4.78, 5) is 14.7. The van der Waals surface area contributed by atoms with Crippen molar-refractivity contribution in [3.8, 4) is 5.75 Å². The number of aryl methyl sites for hydroxylation is 1. The molecule has 0 atom stereocenters. The van der Waals surface area contributed by atoms with Crippen molar-refractivity contribution in [1.82, 2.24) is 9.71 Å². The molecule has 1 amide bonds. The number of nitrogens with zero attached hydrogens (tertiary/aromatic N) is 1. The molecule has 0 aliphatic rings. The molecule has 0 bridgehead atoms. The van der Waals surface area contributed by atoms with Crippen LogP contribution in [0.2, 0.25) is 0 Å². The van der Waals surface area contributed by atoms with Gasteiger partial charge < -0.3 is 4.74 Å². The Morgan fingerprint density at radius 3 is 2.67 bits per heavy atom. The highest BCUT2D eigenvalue weighted by Gasteiger charge is 2.12. The van der Waals surface area contributed by atoms with Crippen LogP contribution < -0.4 is 9.46 Å². The first kappa shape index (κ1) is 11.7. The summed E-state index contributed by atoms with van der Waals surface area (Å²) in [7, 11) is 0.640. The van der Waals surface area contributed by atoms with Gasteiger partial charge >= 0.3 is 15.3 Å². The van der Waals surface area contributed by atoms with Crippen LogP contribution in [0.15, 0.2) is 18.3 Å². The standard InChI is InChI=1S/C7H7ClN2O4S/c1-5-2-3-6(4-9-5)14-7(11)10-15(8,12)13/h2-4H,1H3,(H,10,11). The van der Waals surface area contributed by atoms with Crippen molar-refractivity contribution in [2.75, 3.05) is 0 Å². The van der Waals surface area contributed by atoms with Gasteiger partial charge in [-0.25, -0.2) is 9.52 Å². The smallest absolute Gasteiger partial charge is 0.408 e. The highest BCUT2D eigenvalue weighted by atomic mass is 35.7. The predicted octanol–water partition coefficient (Wildman–Crippen LogP) is 0.962. The Kier molecular flexibility index (Phi) is 3.48. The number of carbonyl (C=O) groups is 1. The van der Waals surface area contributed by atoms with Gasteiger partial charge in [-0.3, -0.25) is 4.98 Å². The molecule has 0 radical (unpaired) electrons. The molecule has 0 saturated heterocycles. The van der Waals surface area contributed by atoms with E-state index in [0.717, 1.165) is 5.69 Å². The van der Waals surface area contributed by atoms with Gasteiger partial charge in [0.2, 0.25) is 0 Å². The molecule has 0 fully saturated rings. The summed E-state index contributed by atoms with van der Waals surface area (Å²) in [5.41, 5.74) is 0.743. The average molecular weight is 251 g/mol. The van der Waals surface area contributed by atoms with E-state index >= 15 is 0 Å². The van der Waals surface area contributed by atoms with Gasteiger partial charge in [0.05, 0.1) is 6.20 Å². The third-order valence-electron chi connectivity index (χ3n) is 1.30. The maximum Gasteiger partial charge on any atom is 0.427 e. The van der Waals surface area contributed by atoms with E-state index in [9.17, 15) is 13.2 Å². The van der Waals surface area contributed by atoms with Crippen LogP contribution in [0, 0.1) is 6.92 Å². The number of pyridine rings is 1. The van der Waals surface area contributed by atoms with E-state index in [4.69, 9.17) is 10.7 Å². The number of amides is 1. The van der Waals surface area contributed by atoms with E-state index in [1.165, 1.54) is 17.0 Å². The second kappa shape index (κ2) is 4.45. The number of hydrogen-bond donors (Lipinski definition) is 1. The van der Waals surface area contributed by atoms with Crippen molar-refractivity contribution in [3.63, 3.8) is 0 Å². The number of ether oxygens (including phenoxy) is 1. The maximum atomic E-state index is 10.9. The first-order valence-electron chi connectivity index (χ1n) is 3.74. The quantitative estimate of drug-likeness (QED) is 0.791. The van der Waals surface area contributed by atoms with Gasteiger partial charge in [-0.15, -0.1) is 0 Å². The lowest BCUT2D eigenvalue weighted by Gasteiger charge is -2.03. The zero-order valence-electron chi connectivity index (χ0n) is 7.60. The summed E-state index contributed by atoms with van der Waals surface area (Å²) >= 11 is 0. The summed E-state index contributed by atoms with van der Waals surface area (Å²) in [5.74, 6) is 0.124. The van der Waals surface area contributed by atoms with Crippen LogP contribution in [-0.2, 0) is 9.24 Å². The summed E-state index contributed by atoms with van der Waals surface area (Å²) in [6, 6.07) is 3.08. The van der Waals surface area contributed by atoms with E-state index in [2.05, 4.69) is 9.72 Å². The van der Waals surface area contributed by atoms with Gasteiger partial charge in [0.1, 0.15) is 0 Å². The molecule has 1 heterocycles. The summed E-state index contributed by atoms with van der Waals surface area (Å²) in [6.45, 7) is 1.76. The monoisotopic (exact) mass is 250 g/mol. The molecule has 0 aliphatic carbocycles. The molecule has 0 unspecified atom stereocenters. The zero-order chi connectivity index (χ0) is 11.5. The van der Waals surface area contributed by atoms with E-state index in [1.807, 2.05) is 0 Å². The molecule has 8 heteroatoms. The summed E-state index contributed by atoms with van der Waals surface area (Å²) in [5, 5.41) is 0. The molecule has 1 rings (SSSR count). The first-order chi connectivity index (χ1) is 6.87. The van der Waals surface area contributed by atoms with Crippen molar-refractivity contribution in [1.29, 1.82) is 0 Å². The van der Waals surface area contributed by atoms with Gasteiger partial charge in [0, 0.05) is 16.4 Å². The van der Waals surface area contributed by atoms with Crippen LogP contribution >= 0.6 is 10.7 Å². The Hall–Kier alpha value is -1.34. The molecular weight excluding hydrogens is 244 g/mol. The number of rotatable bonds is 2. The van der Waals surface area contributed by atoms with E-state index in [0.29, 0.717) is 0 Å². The van der Waals surface area contributed by atoms with Crippen molar-refractivity contribution in [2.45, 2.75) is 6.92 Å². The third-order valence-corrected chi connectivity index (χ3v) is 1.94. The topological polar surface area (TPSA) is 85.4 Å². The SMILES string of the molecule is Cc1ccc(OC(=O)NS(=O)(=O)Cl)cn1. The second-order valence-electron chi connectivity index (χ2n) is 2.56. The number of carbonyl (C=O) groups excluding carboxylic acids is 1. The lowest BCUT2D eigenvalue weighted by molar-refractivity contribution is 0.207. The minimum absolute atomic E-state index is 0.124. The van der Waals surface area contributed by atoms with Crippen LogP contribution in [0.5, 0.6) is 5.75 Å². The van der Waals surface area contributed by atoms with Crippen LogP contribution in [-0.4, -0.2) is 19.5 Å². The third kappa shape index (κ3) is 4.61. The van der Waals surface area contributed by atoms with E-state index in [1.54, 1.807) is 13.0 Å². The molecule has 1 aromatic rings. The van der Waals surface area contributed by atoms with Crippen molar-refractivity contribution in [2.24, 2.45) is 0 Å². The minimum atomic E-state index is -4.12. The van der Waals surface area contributed by atoms with E-state index in [-0.39, 0.29) is 5.75 Å². The fraction of sp³-hybridized carbons (Fsp3) is 0.143. The highest BCUT2D eigenvalue weighted by Crippen LogP contribution is 2.08. The van der Waals surface area contributed by atoms with Gasteiger partial charge in [-0.05, 0) is 19.1 Å². The molecule has 0 saturated carbocycles. The molecule has 6 nitrogen and oxygen atoms in total. The van der Waals surface area contributed by atoms with Gasteiger partial charge in [-0.1, -0.05) is 0 Å². The molecule has 0 spiro atoms. The number of nitrogens with one attached hydrogen (secondary N) is 1. The highest BCUT2D eigenvalue weighted by molar-refractivity contribution is 8.12. The summed E-state index contributed by atoms with van der Waals surface area (Å²) < 4.78 is 26.8. The maximum absolute atomic E-state index is 10.9. The molecule has 1 aromatic heterocycles. The minimum Gasteiger partial charge on any atom is -0.408 e. The molecule has 0 aliphatic heterocycles. The van der Waals surface area contributed by atoms with Crippen molar-refractivity contribution < 1.29 is 17.9 Å². The van der Waals surface area contributed by atoms with Gasteiger partial charge in [-0.2, -0.15) is 8.42 Å². The Morgan fingerprint density at radius 2 is 2.20 bits per heavy atom. The zero-order valence-corrected chi connectivity index (χ0v) is 9.17. The largest absolute Gasteiger partial charge is 0.427 e. The van der Waals surface area contributed by atoms with Crippen LogP contribution in [0.3, 0.4) is 0 Å². The molecule has 1 N–H and O–H groups in total. The van der Waals surface area contributed by atoms with Gasteiger partial charge in [0.15, 0.2) is 5.75 Å². The number of hydrogen-bond acceptors (Lipinski definition) is 5. The fourth-order valence-electron chi connectivity index (χ4n) is 0.742. The lowest BCUT2D eigenvalue weighted by atomic mass is 10.4. The Balaban J connectivity index is 2.63. The van der Waals surface area contributed by atoms with Crippen molar-refractivity contribution in [3.05, 3.63) is 24.0 Å². The second-order valence-corrected chi connectivity index (χ2v) is 4.86. The Morgan fingerprint density at radius 1 is 1.53 bits per heavy atom. The van der Waals surface area contributed by atoms with Crippen LogP contribution in [0.1, 0.15) is 5.69 Å². The predicted molar refractivity (Wildman–Crippen MR) is 52.9 cm³/mol. The lowest BCUT2D eigenvalue weighted by Crippen LogP contribution is -2.29. The summed E-state index contributed by atoms with van der Waals surface area (Å²) in [6.07, 6.45) is 0.103. The fourth-order valence-corrected chi connectivity index (χ4v) is 1.17. The van der Waals surface area contributed by atoms with E-state index < -0.39 is 15.3 Å². The Bertz CT molecular complexity index is 456. The van der Waals surface area contributed by atoms with Gasteiger partial charge in [0.25, 0.3) is 0 Å². The molecule has 0 aromatic carbocycles. The van der Waals surface area contributed by atoms with Crippen LogP contribution in [0.4, 0.5) is 4.79 Å². The normalized spacial score (nSPS) is 10.8. The molecule has 15 heavy (non-hydrogen) atoms. The number of aromatic nitrogens is 1.